The van der Waals surface area contributed by atoms with Crippen molar-refractivity contribution in [3.8, 4) is 17.2 Å². The number of ether oxygens (including phenoxy) is 3. The number of aromatic amines is 1. The van der Waals surface area contributed by atoms with Gasteiger partial charge in [-0.15, -0.1) is 0 Å². The van der Waals surface area contributed by atoms with Crippen molar-refractivity contribution in [1.29, 1.82) is 0 Å². The molecule has 11 nitrogen and oxygen atoms in total. The van der Waals surface area contributed by atoms with Gasteiger partial charge in [-0.1, -0.05) is 6.07 Å². The van der Waals surface area contributed by atoms with Crippen LogP contribution in [-0.2, 0) is 22.5 Å². The van der Waals surface area contributed by atoms with Gasteiger partial charge >= 0.3 is 0 Å². The standard InChI is InChI=1S/C24H28N2O9/c1-12-8-15-20(18(9-12)34-35-23-22(29)21(28)19(11-27)33-24(23)30)14(25-26-15)4-2-13-3-5-16-17(10-13)32-7-6-31-16/h3,5,8-10,19,21-24,27-30H,2,4,6-7,11H2,1H3,(H,25,26)/t19-,21-,22+,23-,24-/m1/s1. The number of aromatic nitrogens is 2. The fourth-order valence-electron chi connectivity index (χ4n) is 4.35. The minimum absolute atomic E-state index is 0.337. The smallest absolute Gasteiger partial charge is 0.188 e. The highest BCUT2D eigenvalue weighted by Gasteiger charge is 2.45. The van der Waals surface area contributed by atoms with Crippen LogP contribution in [0.1, 0.15) is 16.8 Å². The molecule has 5 N–H and O–H groups in total. The van der Waals surface area contributed by atoms with Crippen LogP contribution in [0, 0.1) is 6.92 Å². The molecular weight excluding hydrogens is 460 g/mol. The molecule has 0 amide bonds. The van der Waals surface area contributed by atoms with Crippen LogP contribution in [0.15, 0.2) is 30.3 Å². The number of hydrogen-bond acceptors (Lipinski definition) is 10. The van der Waals surface area contributed by atoms with Gasteiger partial charge in [0.1, 0.15) is 31.5 Å². The van der Waals surface area contributed by atoms with E-state index in [9.17, 15) is 20.4 Å². The van der Waals surface area contributed by atoms with E-state index in [2.05, 4.69) is 10.2 Å². The molecule has 2 aromatic carbocycles. The summed E-state index contributed by atoms with van der Waals surface area (Å²) in [5.41, 5.74) is 3.42. The van der Waals surface area contributed by atoms with Gasteiger partial charge in [-0.25, -0.2) is 0 Å². The molecule has 188 valence electrons. The summed E-state index contributed by atoms with van der Waals surface area (Å²) in [6, 6.07) is 9.51. The third-order valence-corrected chi connectivity index (χ3v) is 6.20. The number of nitrogens with one attached hydrogen (secondary N) is 1. The number of aryl methyl sites for hydroxylation is 3. The molecule has 3 heterocycles. The van der Waals surface area contributed by atoms with Crippen LogP contribution < -0.4 is 14.4 Å². The SMILES string of the molecule is Cc1cc(OO[C@@H]2[C@@H](O)[C@H](O)[C@@H](CO)O[C@H]2O)c2c(CCc3ccc4c(c3)OCCO4)[nH]nc2c1. The van der Waals surface area contributed by atoms with Gasteiger partial charge in [-0.2, -0.15) is 9.99 Å². The van der Waals surface area contributed by atoms with Crippen molar-refractivity contribution in [1.82, 2.24) is 10.2 Å². The first-order valence-electron chi connectivity index (χ1n) is 11.4. The number of benzene rings is 2. The van der Waals surface area contributed by atoms with Gasteiger partial charge in [0.2, 0.25) is 0 Å². The molecule has 5 rings (SSSR count). The van der Waals surface area contributed by atoms with Gasteiger partial charge in [-0.05, 0) is 55.2 Å². The second-order valence-electron chi connectivity index (χ2n) is 8.71. The molecule has 0 aliphatic carbocycles. The van der Waals surface area contributed by atoms with Gasteiger partial charge in [0.25, 0.3) is 0 Å². The Hall–Kier alpha value is -2.93. The number of aliphatic hydroxyl groups excluding tert-OH is 4. The average Bonchev–Trinajstić information content (AvgIpc) is 3.27. The van der Waals surface area contributed by atoms with E-state index in [1.807, 2.05) is 31.2 Å². The zero-order valence-corrected chi connectivity index (χ0v) is 19.1. The lowest BCUT2D eigenvalue weighted by molar-refractivity contribution is -0.364. The molecule has 0 spiro atoms. The number of aliphatic hydroxyl groups is 4. The van der Waals surface area contributed by atoms with Crippen LogP contribution in [0.2, 0.25) is 0 Å². The molecule has 5 atom stereocenters. The summed E-state index contributed by atoms with van der Waals surface area (Å²) in [6.45, 7) is 2.37. The van der Waals surface area contributed by atoms with E-state index in [0.717, 1.165) is 28.3 Å². The monoisotopic (exact) mass is 488 g/mol. The predicted octanol–water partition coefficient (Wildman–Crippen LogP) is 0.538. The first-order chi connectivity index (χ1) is 16.9. The molecule has 2 aliphatic heterocycles. The predicted molar refractivity (Wildman–Crippen MR) is 121 cm³/mol. The summed E-state index contributed by atoms with van der Waals surface area (Å²) in [7, 11) is 0. The Labute approximate surface area is 200 Å². The average molecular weight is 488 g/mol. The minimum atomic E-state index is -1.61. The summed E-state index contributed by atoms with van der Waals surface area (Å²) in [5, 5.41) is 47.9. The first-order valence-corrected chi connectivity index (χ1v) is 11.4. The molecular formula is C24H28N2O9. The number of H-pyrrole nitrogens is 1. The lowest BCUT2D eigenvalue weighted by atomic mass is 9.99. The Balaban J connectivity index is 1.33. The number of fused-ring (bicyclic) bond motifs is 2. The number of rotatable bonds is 7. The van der Waals surface area contributed by atoms with Crippen molar-refractivity contribution < 1.29 is 44.4 Å². The Kier molecular flexibility index (Phi) is 6.78. The molecule has 1 saturated heterocycles. The van der Waals surface area contributed by atoms with Gasteiger partial charge in [0, 0.05) is 5.69 Å². The van der Waals surface area contributed by atoms with E-state index >= 15 is 0 Å². The quantitative estimate of drug-likeness (QED) is 0.235. The van der Waals surface area contributed by atoms with E-state index < -0.39 is 37.3 Å². The molecule has 0 bridgehead atoms. The van der Waals surface area contributed by atoms with E-state index in [-0.39, 0.29) is 0 Å². The lowest BCUT2D eigenvalue weighted by Crippen LogP contribution is -2.59. The maximum Gasteiger partial charge on any atom is 0.188 e. The third kappa shape index (κ3) is 4.79. The first kappa shape index (κ1) is 23.8. The van der Waals surface area contributed by atoms with Crippen molar-refractivity contribution >= 4 is 10.9 Å². The van der Waals surface area contributed by atoms with Gasteiger partial charge in [0.05, 0.1) is 17.5 Å². The van der Waals surface area contributed by atoms with Crippen molar-refractivity contribution in [2.24, 2.45) is 0 Å². The molecule has 35 heavy (non-hydrogen) atoms. The Morgan fingerprint density at radius 1 is 1.03 bits per heavy atom. The van der Waals surface area contributed by atoms with E-state index in [0.29, 0.717) is 42.7 Å². The zero-order valence-electron chi connectivity index (χ0n) is 19.1. The second kappa shape index (κ2) is 9.97. The zero-order chi connectivity index (χ0) is 24.5. The number of nitrogens with zero attached hydrogens (tertiary/aromatic N) is 1. The van der Waals surface area contributed by atoms with Crippen molar-refractivity contribution in [3.63, 3.8) is 0 Å². The molecule has 11 heteroatoms. The maximum atomic E-state index is 10.3. The highest BCUT2D eigenvalue weighted by Crippen LogP contribution is 2.33. The molecule has 2 aliphatic rings. The highest BCUT2D eigenvalue weighted by molar-refractivity contribution is 5.88. The number of hydrogen-bond donors (Lipinski definition) is 5. The molecule has 0 saturated carbocycles. The summed E-state index contributed by atoms with van der Waals surface area (Å²) in [5.74, 6) is 1.81. The lowest BCUT2D eigenvalue weighted by Gasteiger charge is -2.38. The Morgan fingerprint density at radius 2 is 1.83 bits per heavy atom. The van der Waals surface area contributed by atoms with Crippen molar-refractivity contribution in [2.45, 2.75) is 50.5 Å². The topological polar surface area (TPSA) is 156 Å². The van der Waals surface area contributed by atoms with E-state index in [1.54, 1.807) is 6.07 Å². The molecule has 0 radical (unpaired) electrons. The highest BCUT2D eigenvalue weighted by atomic mass is 17.2. The van der Waals surface area contributed by atoms with Gasteiger partial charge < -0.3 is 39.5 Å². The van der Waals surface area contributed by atoms with E-state index in [4.69, 9.17) is 24.0 Å². The van der Waals surface area contributed by atoms with Crippen LogP contribution in [0.25, 0.3) is 10.9 Å². The Morgan fingerprint density at radius 3 is 2.63 bits per heavy atom. The van der Waals surface area contributed by atoms with Crippen LogP contribution in [0.4, 0.5) is 0 Å². The van der Waals surface area contributed by atoms with Crippen LogP contribution >= 0.6 is 0 Å². The largest absolute Gasteiger partial charge is 0.486 e. The van der Waals surface area contributed by atoms with Crippen molar-refractivity contribution in [3.05, 3.63) is 47.2 Å². The molecule has 1 fully saturated rings. The van der Waals surface area contributed by atoms with Crippen LogP contribution in [-0.4, -0.2) is 81.2 Å². The van der Waals surface area contributed by atoms with Gasteiger partial charge in [-0.3, -0.25) is 5.10 Å². The maximum absolute atomic E-state index is 10.3. The third-order valence-electron chi connectivity index (χ3n) is 6.20. The normalized spacial score (nSPS) is 26.1. The van der Waals surface area contributed by atoms with Crippen molar-refractivity contribution in [2.75, 3.05) is 19.8 Å². The van der Waals surface area contributed by atoms with E-state index in [1.165, 1.54) is 0 Å². The fourth-order valence-corrected chi connectivity index (χ4v) is 4.35. The second-order valence-corrected chi connectivity index (χ2v) is 8.71. The summed E-state index contributed by atoms with van der Waals surface area (Å²) in [4.78, 5) is 10.9. The van der Waals surface area contributed by atoms with Crippen LogP contribution in [0.5, 0.6) is 17.2 Å². The molecule has 0 unspecified atom stereocenters. The summed E-state index contributed by atoms with van der Waals surface area (Å²) < 4.78 is 16.4. The molecule has 1 aromatic heterocycles. The fraction of sp³-hybridized carbons (Fsp3) is 0.458. The summed E-state index contributed by atoms with van der Waals surface area (Å²) in [6.07, 6.45) is -5.80. The summed E-state index contributed by atoms with van der Waals surface area (Å²) >= 11 is 0. The van der Waals surface area contributed by atoms with Crippen LogP contribution in [0.3, 0.4) is 0 Å². The molecule has 3 aromatic rings. The van der Waals surface area contributed by atoms with Gasteiger partial charge in [0.15, 0.2) is 29.6 Å². The minimum Gasteiger partial charge on any atom is -0.486 e. The Bertz CT molecular complexity index is 1180.